The molecule has 29 heavy (non-hydrogen) atoms. The number of aliphatic hydroxyl groups is 1. The summed E-state index contributed by atoms with van der Waals surface area (Å²) in [7, 11) is 3.59. The monoisotopic (exact) mass is 433 g/mol. The Morgan fingerprint density at radius 2 is 1.79 bits per heavy atom. The summed E-state index contributed by atoms with van der Waals surface area (Å²) in [5, 5.41) is 12.2. The second-order valence-electron chi connectivity index (χ2n) is 8.16. The molecule has 4 rings (SSSR count). The van der Waals surface area contributed by atoms with Gasteiger partial charge in [-0.25, -0.2) is 4.79 Å². The third kappa shape index (κ3) is 3.61. The fourth-order valence-electron chi connectivity index (χ4n) is 4.44. The Balaban J connectivity index is 1.53. The molecule has 0 saturated carbocycles. The van der Waals surface area contributed by atoms with E-state index < -0.39 is 5.60 Å². The first-order valence-corrected chi connectivity index (χ1v) is 10.5. The number of aromatic nitrogens is 2. The molecule has 154 valence electrons. The van der Waals surface area contributed by atoms with Crippen molar-refractivity contribution >= 4 is 34.2 Å². The van der Waals surface area contributed by atoms with E-state index in [1.165, 1.54) is 0 Å². The number of likely N-dealkylation sites (tertiary alicyclic amines) is 1. The van der Waals surface area contributed by atoms with E-state index in [-0.39, 0.29) is 11.7 Å². The number of hydrogen-bond donors (Lipinski definition) is 1. The van der Waals surface area contributed by atoms with Crippen molar-refractivity contribution in [2.45, 2.75) is 38.0 Å². The van der Waals surface area contributed by atoms with Crippen LogP contribution in [0.1, 0.15) is 30.9 Å². The summed E-state index contributed by atoms with van der Waals surface area (Å²) in [5.74, 6) is 0. The summed E-state index contributed by atoms with van der Waals surface area (Å²) in [6.45, 7) is 3.68. The van der Waals surface area contributed by atoms with Crippen LogP contribution >= 0.6 is 23.2 Å². The Hall–Kier alpha value is -1.79. The highest BCUT2D eigenvalue weighted by Gasteiger charge is 2.38. The number of fused-ring (bicyclic) bond motifs is 1. The first-order valence-electron chi connectivity index (χ1n) is 9.76. The molecule has 0 bridgehead atoms. The number of nitrogens with zero attached hydrogens (tertiary/aromatic N) is 3. The molecule has 1 aliphatic rings. The lowest BCUT2D eigenvalue weighted by Gasteiger charge is -2.43. The van der Waals surface area contributed by atoms with Gasteiger partial charge in [0.1, 0.15) is 0 Å². The minimum Gasteiger partial charge on any atom is -0.385 e. The molecular formula is C22H25Cl2N3O2. The summed E-state index contributed by atoms with van der Waals surface area (Å²) in [5.41, 5.74) is 2.92. The van der Waals surface area contributed by atoms with Crippen molar-refractivity contribution in [2.24, 2.45) is 14.1 Å². The molecule has 0 unspecified atom stereocenters. The van der Waals surface area contributed by atoms with Crippen molar-refractivity contribution in [1.29, 1.82) is 0 Å². The van der Waals surface area contributed by atoms with Crippen molar-refractivity contribution in [3.8, 4) is 0 Å². The number of piperidine rings is 1. The lowest BCUT2D eigenvalue weighted by Crippen LogP contribution is -2.47. The summed E-state index contributed by atoms with van der Waals surface area (Å²) in [6, 6.07) is 11.7. The van der Waals surface area contributed by atoms with Gasteiger partial charge in [-0.15, -0.1) is 0 Å². The fourth-order valence-corrected chi connectivity index (χ4v) is 4.73. The van der Waals surface area contributed by atoms with Crippen molar-refractivity contribution in [3.05, 3.63) is 68.1 Å². The molecule has 5 nitrogen and oxygen atoms in total. The Bertz CT molecular complexity index is 1140. The van der Waals surface area contributed by atoms with Gasteiger partial charge in [0.15, 0.2) is 0 Å². The maximum Gasteiger partial charge on any atom is 0.328 e. The highest BCUT2D eigenvalue weighted by atomic mass is 35.5. The van der Waals surface area contributed by atoms with Crippen LogP contribution in [0.4, 0.5) is 0 Å². The van der Waals surface area contributed by atoms with Crippen LogP contribution in [0, 0.1) is 0 Å². The first kappa shape index (κ1) is 20.5. The summed E-state index contributed by atoms with van der Waals surface area (Å²) in [4.78, 5) is 14.5. The molecule has 0 spiro atoms. The number of aryl methyl sites for hydroxylation is 2. The third-order valence-electron chi connectivity index (χ3n) is 6.25. The van der Waals surface area contributed by atoms with Crippen LogP contribution in [-0.4, -0.2) is 31.7 Å². The van der Waals surface area contributed by atoms with Crippen LogP contribution in [0.25, 0.3) is 11.0 Å². The van der Waals surface area contributed by atoms with Crippen molar-refractivity contribution in [2.75, 3.05) is 6.54 Å². The normalized spacial score (nSPS) is 23.0. The molecule has 1 saturated heterocycles. The lowest BCUT2D eigenvalue weighted by atomic mass is 9.81. The van der Waals surface area contributed by atoms with E-state index in [9.17, 15) is 9.90 Å². The number of imidazole rings is 1. The largest absolute Gasteiger partial charge is 0.385 e. The smallest absolute Gasteiger partial charge is 0.328 e. The third-order valence-corrected chi connectivity index (χ3v) is 6.99. The second-order valence-corrected chi connectivity index (χ2v) is 8.97. The van der Waals surface area contributed by atoms with Gasteiger partial charge in [-0.05, 0) is 55.2 Å². The Morgan fingerprint density at radius 3 is 2.48 bits per heavy atom. The minimum absolute atomic E-state index is 0.0184. The van der Waals surface area contributed by atoms with E-state index in [2.05, 4.69) is 24.0 Å². The van der Waals surface area contributed by atoms with Crippen LogP contribution in [0.5, 0.6) is 0 Å². The van der Waals surface area contributed by atoms with Gasteiger partial charge in [-0.1, -0.05) is 35.3 Å². The van der Waals surface area contributed by atoms with Gasteiger partial charge in [0.25, 0.3) is 0 Å². The molecule has 1 aliphatic heterocycles. The SMILES string of the molecule is C[C@H]1C[C@@](O)(c2ccc(Cl)c(Cl)c2)CCN1Cc1ccc2c(c1)n(C)c(=O)n2C. The van der Waals surface area contributed by atoms with E-state index in [1.807, 2.05) is 12.1 Å². The average Bonchev–Trinajstić information content (AvgIpc) is 2.90. The minimum atomic E-state index is -0.905. The fraction of sp³-hybridized carbons (Fsp3) is 0.409. The predicted molar refractivity (Wildman–Crippen MR) is 118 cm³/mol. The zero-order valence-corrected chi connectivity index (χ0v) is 18.3. The molecule has 0 aliphatic carbocycles. The maximum absolute atomic E-state index is 12.2. The van der Waals surface area contributed by atoms with Crippen LogP contribution < -0.4 is 5.69 Å². The summed E-state index contributed by atoms with van der Waals surface area (Å²) in [6.07, 6.45) is 1.25. The van der Waals surface area contributed by atoms with Gasteiger partial charge >= 0.3 is 5.69 Å². The number of rotatable bonds is 3. The van der Waals surface area contributed by atoms with Crippen molar-refractivity contribution < 1.29 is 5.11 Å². The molecule has 1 aromatic heterocycles. The molecular weight excluding hydrogens is 409 g/mol. The molecule has 3 aromatic rings. The Labute approximate surface area is 180 Å². The van der Waals surface area contributed by atoms with E-state index in [0.29, 0.717) is 22.9 Å². The number of benzene rings is 2. The van der Waals surface area contributed by atoms with Crippen LogP contribution in [0.2, 0.25) is 10.0 Å². The lowest BCUT2D eigenvalue weighted by molar-refractivity contribution is -0.0502. The molecule has 0 amide bonds. The quantitative estimate of drug-likeness (QED) is 0.677. The highest BCUT2D eigenvalue weighted by molar-refractivity contribution is 6.42. The number of hydrogen-bond acceptors (Lipinski definition) is 3. The van der Waals surface area contributed by atoms with Gasteiger partial charge < -0.3 is 5.11 Å². The van der Waals surface area contributed by atoms with E-state index >= 15 is 0 Å². The summed E-state index contributed by atoms with van der Waals surface area (Å²) >= 11 is 12.2. The van der Waals surface area contributed by atoms with Gasteiger partial charge in [0, 0.05) is 33.2 Å². The molecule has 1 N–H and O–H groups in total. The van der Waals surface area contributed by atoms with Gasteiger partial charge in [-0.2, -0.15) is 0 Å². The average molecular weight is 434 g/mol. The molecule has 2 aromatic carbocycles. The molecule has 2 heterocycles. The van der Waals surface area contributed by atoms with Gasteiger partial charge in [0.05, 0.1) is 26.7 Å². The predicted octanol–water partition coefficient (Wildman–Crippen LogP) is 4.06. The van der Waals surface area contributed by atoms with Crippen LogP contribution in [0.15, 0.2) is 41.2 Å². The van der Waals surface area contributed by atoms with Crippen molar-refractivity contribution in [1.82, 2.24) is 14.0 Å². The zero-order chi connectivity index (χ0) is 20.9. The molecule has 7 heteroatoms. The van der Waals surface area contributed by atoms with Gasteiger partial charge in [-0.3, -0.25) is 14.0 Å². The molecule has 1 fully saturated rings. The van der Waals surface area contributed by atoms with E-state index in [1.54, 1.807) is 35.4 Å². The first-order chi connectivity index (χ1) is 13.7. The second kappa shape index (κ2) is 7.47. The zero-order valence-electron chi connectivity index (χ0n) is 16.8. The van der Waals surface area contributed by atoms with Gasteiger partial charge in [0.2, 0.25) is 0 Å². The Kier molecular flexibility index (Phi) is 5.28. The number of halogens is 2. The van der Waals surface area contributed by atoms with Crippen molar-refractivity contribution in [3.63, 3.8) is 0 Å². The summed E-state index contributed by atoms with van der Waals surface area (Å²) < 4.78 is 3.35. The highest BCUT2D eigenvalue weighted by Crippen LogP contribution is 2.38. The standard InChI is InChI=1S/C22H25Cl2N3O2/c1-14-12-22(29,16-5-6-17(23)18(24)11-16)8-9-27(14)13-15-4-7-19-20(10-15)26(3)21(28)25(19)2/h4-7,10-11,14,29H,8-9,12-13H2,1-3H3/t14-,22+/m0/s1. The molecule has 0 radical (unpaired) electrons. The van der Waals surface area contributed by atoms with Crippen LogP contribution in [0.3, 0.4) is 0 Å². The topological polar surface area (TPSA) is 50.4 Å². The molecule has 2 atom stereocenters. The maximum atomic E-state index is 12.2. The van der Waals surface area contributed by atoms with E-state index in [0.717, 1.165) is 35.2 Å². The Morgan fingerprint density at radius 1 is 1.07 bits per heavy atom. The van der Waals surface area contributed by atoms with Crippen LogP contribution in [-0.2, 0) is 26.2 Å². The van der Waals surface area contributed by atoms with E-state index in [4.69, 9.17) is 23.2 Å².